The number of aromatic nitrogens is 1. The third-order valence-electron chi connectivity index (χ3n) is 2.85. The van der Waals surface area contributed by atoms with Crippen LogP contribution < -0.4 is 5.32 Å². The zero-order valence-corrected chi connectivity index (χ0v) is 11.4. The molecule has 3 nitrogen and oxygen atoms in total. The largest absolute Gasteiger partial charge is 0.349 e. The van der Waals surface area contributed by atoms with Crippen LogP contribution in [0.3, 0.4) is 0 Å². The summed E-state index contributed by atoms with van der Waals surface area (Å²) in [6.45, 7) is 6.28. The first-order valence-corrected chi connectivity index (χ1v) is 6.26. The topological polar surface area (TPSA) is 42.0 Å². The Kier molecular flexibility index (Phi) is 4.93. The third-order valence-corrected chi connectivity index (χ3v) is 3.31. The van der Waals surface area contributed by atoms with Gasteiger partial charge in [-0.25, -0.2) is 4.98 Å². The number of carbonyl (C=O) groups excluding carboxylic acids is 1. The highest BCUT2D eigenvalue weighted by molar-refractivity contribution is 9.10. The smallest absolute Gasteiger partial charge is 0.253 e. The fourth-order valence-electron chi connectivity index (χ4n) is 1.30. The second kappa shape index (κ2) is 5.99. The normalized spacial score (nSPS) is 14.2. The molecule has 1 aromatic heterocycles. The first-order valence-electron chi connectivity index (χ1n) is 5.47. The summed E-state index contributed by atoms with van der Waals surface area (Å²) in [4.78, 5) is 15.8. The van der Waals surface area contributed by atoms with Crippen molar-refractivity contribution in [2.45, 2.75) is 33.2 Å². The van der Waals surface area contributed by atoms with Crippen molar-refractivity contribution >= 4 is 21.8 Å². The molecule has 16 heavy (non-hydrogen) atoms. The fraction of sp³-hybridized carbons (Fsp3) is 0.500. The van der Waals surface area contributed by atoms with E-state index in [0.29, 0.717) is 11.5 Å². The number of amides is 1. The lowest BCUT2D eigenvalue weighted by Gasteiger charge is -2.19. The Hall–Kier alpha value is -0.900. The van der Waals surface area contributed by atoms with Crippen molar-refractivity contribution in [3.05, 3.63) is 28.5 Å². The molecule has 0 saturated carbocycles. The predicted octanol–water partition coefficient (Wildman–Crippen LogP) is 3.01. The minimum atomic E-state index is -0.0622. The number of nitrogens with zero attached hydrogens (tertiary/aromatic N) is 1. The Morgan fingerprint density at radius 3 is 2.69 bits per heavy atom. The SMILES string of the molecule is CCC(C)C(C)NC(=O)c1ccc(Br)nc1. The first-order chi connectivity index (χ1) is 7.54. The van der Waals surface area contributed by atoms with Crippen LogP contribution in [0.5, 0.6) is 0 Å². The van der Waals surface area contributed by atoms with Crippen LogP contribution in [0.4, 0.5) is 0 Å². The van der Waals surface area contributed by atoms with E-state index in [1.807, 2.05) is 6.92 Å². The Morgan fingerprint density at radius 1 is 1.50 bits per heavy atom. The maximum absolute atomic E-state index is 11.8. The maximum atomic E-state index is 11.8. The van der Waals surface area contributed by atoms with Crippen LogP contribution in [0.25, 0.3) is 0 Å². The van der Waals surface area contributed by atoms with Crippen molar-refractivity contribution in [1.29, 1.82) is 0 Å². The highest BCUT2D eigenvalue weighted by Gasteiger charge is 2.14. The molecule has 1 N–H and O–H groups in total. The molecule has 0 radical (unpaired) electrons. The van der Waals surface area contributed by atoms with E-state index in [4.69, 9.17) is 0 Å². The second-order valence-electron chi connectivity index (χ2n) is 4.02. The summed E-state index contributed by atoms with van der Waals surface area (Å²) in [6.07, 6.45) is 2.63. The molecule has 0 spiro atoms. The average molecular weight is 285 g/mol. The van der Waals surface area contributed by atoms with Gasteiger partial charge >= 0.3 is 0 Å². The van der Waals surface area contributed by atoms with Crippen LogP contribution in [0.2, 0.25) is 0 Å². The molecule has 1 rings (SSSR count). The summed E-state index contributed by atoms with van der Waals surface area (Å²) in [6, 6.07) is 3.71. The number of hydrogen-bond donors (Lipinski definition) is 1. The van der Waals surface area contributed by atoms with E-state index in [1.165, 1.54) is 0 Å². The fourth-order valence-corrected chi connectivity index (χ4v) is 1.53. The zero-order valence-electron chi connectivity index (χ0n) is 9.83. The number of hydrogen-bond acceptors (Lipinski definition) is 2. The molecule has 4 heteroatoms. The molecule has 0 aliphatic heterocycles. The molecule has 2 unspecified atom stereocenters. The van der Waals surface area contributed by atoms with E-state index in [2.05, 4.69) is 40.1 Å². The standard InChI is InChI=1S/C12H17BrN2O/c1-4-8(2)9(3)15-12(16)10-5-6-11(13)14-7-10/h5-9H,4H2,1-3H3,(H,15,16). The Balaban J connectivity index is 2.62. The number of halogens is 1. The number of pyridine rings is 1. The van der Waals surface area contributed by atoms with Gasteiger partial charge < -0.3 is 5.32 Å². The minimum absolute atomic E-state index is 0.0622. The molecule has 1 aromatic rings. The van der Waals surface area contributed by atoms with Gasteiger partial charge in [-0.2, -0.15) is 0 Å². The summed E-state index contributed by atoms with van der Waals surface area (Å²) >= 11 is 3.24. The van der Waals surface area contributed by atoms with Crippen LogP contribution in [0.15, 0.2) is 22.9 Å². The summed E-state index contributed by atoms with van der Waals surface area (Å²) in [7, 11) is 0. The van der Waals surface area contributed by atoms with Crippen molar-refractivity contribution in [2.24, 2.45) is 5.92 Å². The van der Waals surface area contributed by atoms with Gasteiger partial charge in [-0.1, -0.05) is 20.3 Å². The quantitative estimate of drug-likeness (QED) is 0.864. The molecule has 0 aliphatic carbocycles. The highest BCUT2D eigenvalue weighted by atomic mass is 79.9. The van der Waals surface area contributed by atoms with E-state index in [9.17, 15) is 4.79 Å². The lowest BCUT2D eigenvalue weighted by Crippen LogP contribution is -2.36. The van der Waals surface area contributed by atoms with Crippen molar-refractivity contribution in [3.8, 4) is 0 Å². The Bertz CT molecular complexity index is 351. The molecule has 0 fully saturated rings. The van der Waals surface area contributed by atoms with Gasteiger partial charge in [-0.3, -0.25) is 4.79 Å². The Labute approximate surface area is 105 Å². The second-order valence-corrected chi connectivity index (χ2v) is 4.83. The third kappa shape index (κ3) is 3.59. The molecular weight excluding hydrogens is 268 g/mol. The molecule has 0 saturated heterocycles. The summed E-state index contributed by atoms with van der Waals surface area (Å²) in [5.41, 5.74) is 0.596. The van der Waals surface area contributed by atoms with Crippen LogP contribution in [0, 0.1) is 5.92 Å². The van der Waals surface area contributed by atoms with Crippen molar-refractivity contribution in [1.82, 2.24) is 10.3 Å². The van der Waals surface area contributed by atoms with Crippen LogP contribution in [-0.2, 0) is 0 Å². The molecule has 0 aromatic carbocycles. The molecular formula is C12H17BrN2O. The monoisotopic (exact) mass is 284 g/mol. The highest BCUT2D eigenvalue weighted by Crippen LogP contribution is 2.09. The maximum Gasteiger partial charge on any atom is 0.253 e. The van der Waals surface area contributed by atoms with E-state index >= 15 is 0 Å². The summed E-state index contributed by atoms with van der Waals surface area (Å²) in [5.74, 6) is 0.417. The van der Waals surface area contributed by atoms with Gasteiger partial charge in [0, 0.05) is 12.2 Å². The lowest BCUT2D eigenvalue weighted by atomic mass is 10.0. The van der Waals surface area contributed by atoms with Crippen LogP contribution in [-0.4, -0.2) is 16.9 Å². The zero-order chi connectivity index (χ0) is 12.1. The number of nitrogens with one attached hydrogen (secondary N) is 1. The summed E-state index contributed by atoms with van der Waals surface area (Å²) < 4.78 is 0.735. The van der Waals surface area contributed by atoms with E-state index in [-0.39, 0.29) is 11.9 Å². The summed E-state index contributed by atoms with van der Waals surface area (Å²) in [5, 5.41) is 2.97. The van der Waals surface area contributed by atoms with E-state index < -0.39 is 0 Å². The molecule has 88 valence electrons. The lowest BCUT2D eigenvalue weighted by molar-refractivity contribution is 0.0927. The van der Waals surface area contributed by atoms with Gasteiger partial charge in [0.1, 0.15) is 4.60 Å². The van der Waals surface area contributed by atoms with Gasteiger partial charge in [-0.05, 0) is 40.9 Å². The van der Waals surface area contributed by atoms with E-state index in [0.717, 1.165) is 11.0 Å². The molecule has 1 amide bonds. The van der Waals surface area contributed by atoms with Crippen molar-refractivity contribution < 1.29 is 4.79 Å². The predicted molar refractivity (Wildman–Crippen MR) is 68.3 cm³/mol. The van der Waals surface area contributed by atoms with E-state index in [1.54, 1.807) is 18.3 Å². The molecule has 2 atom stereocenters. The Morgan fingerprint density at radius 2 is 2.19 bits per heavy atom. The minimum Gasteiger partial charge on any atom is -0.349 e. The molecule has 1 heterocycles. The van der Waals surface area contributed by atoms with Crippen molar-refractivity contribution in [3.63, 3.8) is 0 Å². The average Bonchev–Trinajstić information content (AvgIpc) is 2.28. The number of carbonyl (C=O) groups is 1. The first kappa shape index (κ1) is 13.2. The van der Waals surface area contributed by atoms with Crippen molar-refractivity contribution in [2.75, 3.05) is 0 Å². The number of rotatable bonds is 4. The molecule has 0 bridgehead atoms. The van der Waals surface area contributed by atoms with Gasteiger partial charge in [-0.15, -0.1) is 0 Å². The van der Waals surface area contributed by atoms with Gasteiger partial charge in [0.05, 0.1) is 5.56 Å². The van der Waals surface area contributed by atoms with Gasteiger partial charge in [0.15, 0.2) is 0 Å². The van der Waals surface area contributed by atoms with Gasteiger partial charge in [0.2, 0.25) is 0 Å². The van der Waals surface area contributed by atoms with Crippen LogP contribution >= 0.6 is 15.9 Å². The van der Waals surface area contributed by atoms with Gasteiger partial charge in [0.25, 0.3) is 5.91 Å². The molecule has 0 aliphatic rings. The van der Waals surface area contributed by atoms with Crippen LogP contribution in [0.1, 0.15) is 37.6 Å².